The fourth-order valence-electron chi connectivity index (χ4n) is 2.19. The second kappa shape index (κ2) is 5.31. The molecule has 8 heteroatoms. The average Bonchev–Trinajstić information content (AvgIpc) is 2.34. The molecule has 1 aromatic carbocycles. The Kier molecular flexibility index (Phi) is 4.04. The second-order valence-corrected chi connectivity index (χ2v) is 5.60. The van der Waals surface area contributed by atoms with E-state index in [4.69, 9.17) is 0 Å². The van der Waals surface area contributed by atoms with Gasteiger partial charge in [-0.3, -0.25) is 4.79 Å². The molecule has 0 aliphatic heterocycles. The Balaban J connectivity index is 2.37. The zero-order valence-electron chi connectivity index (χ0n) is 9.85. The van der Waals surface area contributed by atoms with E-state index < -0.39 is 34.9 Å². The van der Waals surface area contributed by atoms with E-state index in [0.29, 0.717) is 0 Å². The van der Waals surface area contributed by atoms with E-state index in [-0.39, 0.29) is 17.5 Å². The van der Waals surface area contributed by atoms with E-state index in [1.165, 1.54) is 12.1 Å². The van der Waals surface area contributed by atoms with Gasteiger partial charge in [0.2, 0.25) is 0 Å². The molecule has 0 saturated heterocycles. The van der Waals surface area contributed by atoms with Crippen LogP contribution >= 0.6 is 15.9 Å². The molecule has 0 aromatic heterocycles. The Bertz CT molecular complexity index is 533. The third-order valence-electron chi connectivity index (χ3n) is 3.07. The lowest BCUT2D eigenvalue weighted by Crippen LogP contribution is -2.42. The van der Waals surface area contributed by atoms with Gasteiger partial charge in [0.25, 0.3) is 0 Å². The lowest BCUT2D eigenvalue weighted by Gasteiger charge is -2.32. The molecule has 0 fully saturated rings. The molecule has 3 atom stereocenters. The molecular formula is C12H9BrF5NO. The minimum Gasteiger partial charge on any atom is -0.341 e. The number of fused-ring (bicyclic) bond motifs is 1. The van der Waals surface area contributed by atoms with Crippen LogP contribution in [-0.4, -0.2) is 16.9 Å². The molecule has 2 rings (SSSR count). The minimum absolute atomic E-state index is 0.0504. The van der Waals surface area contributed by atoms with Crippen molar-refractivity contribution in [3.8, 4) is 0 Å². The monoisotopic (exact) mass is 357 g/mol. The van der Waals surface area contributed by atoms with Gasteiger partial charge in [-0.05, 0) is 18.1 Å². The molecule has 1 aromatic rings. The maximum absolute atomic E-state index is 13.9. The molecule has 0 saturated carbocycles. The van der Waals surface area contributed by atoms with Gasteiger partial charge >= 0.3 is 12.1 Å². The summed E-state index contributed by atoms with van der Waals surface area (Å²) in [6.45, 7) is 0. The number of nitrogens with one attached hydrogen (secondary N) is 1. The maximum atomic E-state index is 13.9. The van der Waals surface area contributed by atoms with E-state index in [2.05, 4.69) is 15.9 Å². The number of rotatable bonds is 1. The number of benzene rings is 1. The lowest BCUT2D eigenvalue weighted by atomic mass is 9.86. The standard InChI is InChI=1S/C12H9BrF5NO/c13-6-4-8(19-11(20)12(16,17)18)9-5(10(6)15)2-1-3-7(9)14/h1-3,6,8,10H,4H2,(H,19,20)/t6-,8-,10-/m0/s1. The van der Waals surface area contributed by atoms with Crippen LogP contribution in [0.2, 0.25) is 0 Å². The predicted molar refractivity (Wildman–Crippen MR) is 64.5 cm³/mol. The van der Waals surface area contributed by atoms with E-state index >= 15 is 0 Å². The summed E-state index contributed by atoms with van der Waals surface area (Å²) in [5.41, 5.74) is -0.279. The largest absolute Gasteiger partial charge is 0.471 e. The van der Waals surface area contributed by atoms with Crippen molar-refractivity contribution in [1.29, 1.82) is 0 Å². The van der Waals surface area contributed by atoms with Crippen molar-refractivity contribution >= 4 is 21.8 Å². The molecule has 110 valence electrons. The van der Waals surface area contributed by atoms with Gasteiger partial charge in [-0.1, -0.05) is 28.1 Å². The highest BCUT2D eigenvalue weighted by Gasteiger charge is 2.43. The van der Waals surface area contributed by atoms with Crippen LogP contribution in [0.15, 0.2) is 18.2 Å². The maximum Gasteiger partial charge on any atom is 0.471 e. The van der Waals surface area contributed by atoms with Gasteiger partial charge in [0.05, 0.1) is 10.9 Å². The van der Waals surface area contributed by atoms with Gasteiger partial charge in [-0.15, -0.1) is 0 Å². The van der Waals surface area contributed by atoms with Crippen LogP contribution in [0.1, 0.15) is 29.8 Å². The second-order valence-electron chi connectivity index (χ2n) is 4.42. The zero-order valence-corrected chi connectivity index (χ0v) is 11.4. The Morgan fingerprint density at radius 3 is 2.60 bits per heavy atom. The van der Waals surface area contributed by atoms with Crippen LogP contribution in [0.4, 0.5) is 22.0 Å². The normalized spacial score (nSPS) is 26.0. The first-order valence-electron chi connectivity index (χ1n) is 5.66. The van der Waals surface area contributed by atoms with Crippen LogP contribution < -0.4 is 5.32 Å². The molecule has 1 amide bonds. The van der Waals surface area contributed by atoms with Gasteiger partial charge in [0.15, 0.2) is 0 Å². The Morgan fingerprint density at radius 1 is 1.35 bits per heavy atom. The number of carbonyl (C=O) groups excluding carboxylic acids is 1. The molecular weight excluding hydrogens is 349 g/mol. The lowest BCUT2D eigenvalue weighted by molar-refractivity contribution is -0.174. The Hall–Kier alpha value is -1.18. The summed E-state index contributed by atoms with van der Waals surface area (Å²) in [6, 6.07) is 2.36. The van der Waals surface area contributed by atoms with Gasteiger partial charge < -0.3 is 5.32 Å². The summed E-state index contributed by atoms with van der Waals surface area (Å²) in [4.78, 5) is 10.2. The molecule has 1 aliphatic rings. The first-order chi connectivity index (χ1) is 9.21. The molecule has 2 nitrogen and oxygen atoms in total. The molecule has 0 unspecified atom stereocenters. The Labute approximate surface area is 119 Å². The number of alkyl halides is 5. The fraction of sp³-hybridized carbons (Fsp3) is 0.417. The number of hydrogen-bond acceptors (Lipinski definition) is 1. The topological polar surface area (TPSA) is 29.1 Å². The van der Waals surface area contributed by atoms with Crippen LogP contribution in [0, 0.1) is 5.82 Å². The van der Waals surface area contributed by atoms with E-state index in [0.717, 1.165) is 6.07 Å². The molecule has 0 radical (unpaired) electrons. The van der Waals surface area contributed by atoms with E-state index in [9.17, 15) is 26.7 Å². The molecule has 0 bridgehead atoms. The number of halogens is 6. The first kappa shape index (κ1) is 15.2. The van der Waals surface area contributed by atoms with Crippen LogP contribution in [0.25, 0.3) is 0 Å². The number of hydrogen-bond donors (Lipinski definition) is 1. The smallest absolute Gasteiger partial charge is 0.341 e. The van der Waals surface area contributed by atoms with E-state index in [1.54, 1.807) is 5.32 Å². The molecule has 0 heterocycles. The quantitative estimate of drug-likeness (QED) is 0.602. The van der Waals surface area contributed by atoms with Crippen molar-refractivity contribution in [2.24, 2.45) is 0 Å². The number of amides is 1. The summed E-state index contributed by atoms with van der Waals surface area (Å²) in [5.74, 6) is -3.01. The van der Waals surface area contributed by atoms with Crippen molar-refractivity contribution in [2.45, 2.75) is 29.6 Å². The summed E-state index contributed by atoms with van der Waals surface area (Å²) in [5, 5.41) is 1.71. The van der Waals surface area contributed by atoms with Crippen LogP contribution in [0.5, 0.6) is 0 Å². The SMILES string of the molecule is O=C(N[C@H]1C[C@H](Br)[C@@H](F)c2cccc(F)c21)C(F)(F)F. The predicted octanol–water partition coefficient (Wildman–Crippen LogP) is 3.72. The van der Waals surface area contributed by atoms with Crippen molar-refractivity contribution < 1.29 is 26.7 Å². The molecule has 20 heavy (non-hydrogen) atoms. The Morgan fingerprint density at radius 2 is 2.00 bits per heavy atom. The van der Waals surface area contributed by atoms with Crippen molar-refractivity contribution in [1.82, 2.24) is 5.32 Å². The van der Waals surface area contributed by atoms with Gasteiger partial charge in [-0.2, -0.15) is 13.2 Å². The van der Waals surface area contributed by atoms with Gasteiger partial charge in [0, 0.05) is 5.56 Å². The van der Waals surface area contributed by atoms with Crippen LogP contribution in [-0.2, 0) is 4.79 Å². The van der Waals surface area contributed by atoms with Crippen molar-refractivity contribution in [3.63, 3.8) is 0 Å². The highest BCUT2D eigenvalue weighted by molar-refractivity contribution is 9.09. The minimum atomic E-state index is -5.07. The molecule has 1 aliphatic carbocycles. The highest BCUT2D eigenvalue weighted by atomic mass is 79.9. The summed E-state index contributed by atoms with van der Waals surface area (Å²) < 4.78 is 64.5. The summed E-state index contributed by atoms with van der Waals surface area (Å²) in [6.07, 6.45) is -6.78. The van der Waals surface area contributed by atoms with Crippen LogP contribution in [0.3, 0.4) is 0 Å². The number of carbonyl (C=O) groups is 1. The first-order valence-corrected chi connectivity index (χ1v) is 6.57. The highest BCUT2D eigenvalue weighted by Crippen LogP contribution is 2.43. The molecule has 1 N–H and O–H groups in total. The third kappa shape index (κ3) is 2.79. The average molecular weight is 358 g/mol. The van der Waals surface area contributed by atoms with Crippen molar-refractivity contribution in [2.75, 3.05) is 0 Å². The zero-order chi connectivity index (χ0) is 15.1. The van der Waals surface area contributed by atoms with Gasteiger partial charge in [0.1, 0.15) is 12.0 Å². The van der Waals surface area contributed by atoms with Crippen molar-refractivity contribution in [3.05, 3.63) is 35.1 Å². The fourth-order valence-corrected chi connectivity index (χ4v) is 2.85. The summed E-state index contributed by atoms with van der Waals surface area (Å²) >= 11 is 3.00. The van der Waals surface area contributed by atoms with E-state index in [1.807, 2.05) is 0 Å². The molecule has 0 spiro atoms. The van der Waals surface area contributed by atoms with Gasteiger partial charge in [-0.25, -0.2) is 8.78 Å². The third-order valence-corrected chi connectivity index (χ3v) is 3.91. The summed E-state index contributed by atoms with van der Waals surface area (Å²) in [7, 11) is 0.